The van der Waals surface area contributed by atoms with Gasteiger partial charge < -0.3 is 0 Å². The second kappa shape index (κ2) is 9.01. The predicted molar refractivity (Wildman–Crippen MR) is 97.2 cm³/mol. The van der Waals surface area contributed by atoms with E-state index in [1.807, 2.05) is 48.8 Å². The molecule has 124 valence electrons. The predicted octanol–water partition coefficient (Wildman–Crippen LogP) is 5.94. The number of rotatable bonds is 0. The van der Waals surface area contributed by atoms with E-state index < -0.39 is 10.8 Å². The molecule has 0 saturated heterocycles. The van der Waals surface area contributed by atoms with E-state index in [1.165, 1.54) is 11.1 Å². The fourth-order valence-corrected chi connectivity index (χ4v) is 1.93. The third-order valence-corrected chi connectivity index (χ3v) is 2.90. The van der Waals surface area contributed by atoms with Crippen molar-refractivity contribution in [3.63, 3.8) is 0 Å². The zero-order chi connectivity index (χ0) is 16.7. The van der Waals surface area contributed by atoms with Gasteiger partial charge in [-0.2, -0.15) is 5.10 Å². The van der Waals surface area contributed by atoms with Crippen molar-refractivity contribution in [2.24, 2.45) is 4.99 Å². The Morgan fingerprint density at radius 2 is 1.57 bits per heavy atom. The molecule has 3 nitrogen and oxygen atoms in total. The topological polar surface area (TPSA) is 41.0 Å². The van der Waals surface area contributed by atoms with Gasteiger partial charge in [0.05, 0.1) is 18.3 Å². The van der Waals surface area contributed by atoms with E-state index in [9.17, 15) is 0 Å². The summed E-state index contributed by atoms with van der Waals surface area (Å²) in [5.74, 6) is 0. The van der Waals surface area contributed by atoms with Crippen LogP contribution in [0.4, 0.5) is 0 Å². The summed E-state index contributed by atoms with van der Waals surface area (Å²) in [5, 5.41) is 7.91. The Kier molecular flexibility index (Phi) is 7.32. The molecule has 0 amide bonds. The number of fused-ring (bicyclic) bond motifs is 2. The number of nitrogens with one attached hydrogen (secondary N) is 1. The van der Waals surface area contributed by atoms with Crippen molar-refractivity contribution in [1.29, 1.82) is 0 Å². The number of halogens is 4. The van der Waals surface area contributed by atoms with Crippen LogP contribution >= 0.6 is 38.8 Å². The average Bonchev–Trinajstić information content (AvgIpc) is 3.15. The number of nitrogens with zero attached hydrogens (tertiary/aromatic N) is 2. The molecule has 0 fully saturated rings. The van der Waals surface area contributed by atoms with Crippen molar-refractivity contribution in [3.8, 4) is 0 Å². The number of para-hydroxylation sites is 1. The van der Waals surface area contributed by atoms with Crippen LogP contribution in [0.25, 0.3) is 10.9 Å². The van der Waals surface area contributed by atoms with Crippen LogP contribution in [0.1, 0.15) is 11.1 Å². The maximum Gasteiger partial charge on any atom is 0.0650 e. The normalized spacial score (nSPS) is 12.7. The van der Waals surface area contributed by atoms with Crippen LogP contribution in [0, 0.1) is 0 Å². The van der Waals surface area contributed by atoms with Crippen molar-refractivity contribution in [1.82, 2.24) is 10.2 Å². The van der Waals surface area contributed by atoms with Crippen molar-refractivity contribution in [2.45, 2.75) is 6.54 Å². The fraction of sp³-hybridized carbons (Fsp3) is 0.0667. The summed E-state index contributed by atoms with van der Waals surface area (Å²) in [6.45, 7) is 0.871. The van der Waals surface area contributed by atoms with Crippen LogP contribution < -0.4 is 0 Å². The molecule has 4 rings (SSSR count). The van der Waals surface area contributed by atoms with Crippen LogP contribution in [-0.2, 0) is 17.4 Å². The summed E-state index contributed by atoms with van der Waals surface area (Å²) in [4.78, 5) is 4.13. The largest absolute Gasteiger partial charge is 0.278 e. The summed E-state index contributed by atoms with van der Waals surface area (Å²) in [7, 11) is 17.0. The second-order valence-electron chi connectivity index (χ2n) is 4.43. The maximum atomic E-state index is 5.00. The minimum atomic E-state index is -2.97. The van der Waals surface area contributed by atoms with Gasteiger partial charge in [0.15, 0.2) is 0 Å². The molecule has 1 aromatic heterocycles. The molecule has 2 heterocycles. The van der Waals surface area contributed by atoms with E-state index in [0.717, 1.165) is 17.4 Å². The van der Waals surface area contributed by atoms with Crippen molar-refractivity contribution in [3.05, 3.63) is 65.9 Å². The number of aromatic nitrogens is 2. The summed E-state index contributed by atoms with van der Waals surface area (Å²) < 4.78 is 0. The number of aliphatic imine (C=N–C) groups is 1. The number of H-pyrrole nitrogens is 1. The van der Waals surface area contributed by atoms with Gasteiger partial charge in [-0.25, -0.2) is 0 Å². The molecule has 1 aliphatic heterocycles. The maximum absolute atomic E-state index is 5.00. The van der Waals surface area contributed by atoms with Crippen molar-refractivity contribution < 1.29 is 10.8 Å². The van der Waals surface area contributed by atoms with Crippen LogP contribution in [0.15, 0.2) is 59.7 Å². The molecule has 0 aliphatic carbocycles. The molecule has 1 aliphatic rings. The minimum absolute atomic E-state index is 0.871. The zero-order valence-corrected chi connectivity index (χ0v) is 16.5. The van der Waals surface area contributed by atoms with E-state index in [4.69, 9.17) is 38.8 Å². The number of hydrogen-bond acceptors (Lipinski definition) is 2. The molecule has 23 heavy (non-hydrogen) atoms. The molecule has 0 saturated carbocycles. The monoisotopic (exact) mass is 477 g/mol. The summed E-state index contributed by atoms with van der Waals surface area (Å²) in [6, 6.07) is 16.3. The Morgan fingerprint density at radius 3 is 2.26 bits per heavy atom. The first kappa shape index (κ1) is 18.7. The Morgan fingerprint density at radius 1 is 0.913 bits per heavy atom. The van der Waals surface area contributed by atoms with Gasteiger partial charge in [0, 0.05) is 11.6 Å². The molecular formula is C15H13Cl4N3Ru. The first-order valence-electron chi connectivity index (χ1n) is 6.43. The molecule has 0 radical (unpaired) electrons. The van der Waals surface area contributed by atoms with E-state index in [-0.39, 0.29) is 0 Å². The Hall–Kier alpha value is -0.637. The van der Waals surface area contributed by atoms with Crippen molar-refractivity contribution in [2.75, 3.05) is 0 Å². The second-order valence-corrected chi connectivity index (χ2v) is 20.3. The molecule has 0 atom stereocenters. The number of hydrogen-bond donors (Lipinski definition) is 1. The van der Waals surface area contributed by atoms with Gasteiger partial charge in [0.2, 0.25) is 0 Å². The van der Waals surface area contributed by atoms with Gasteiger partial charge in [-0.15, -0.1) is 0 Å². The first-order chi connectivity index (χ1) is 10.9. The quantitative estimate of drug-likeness (QED) is 0.400. The van der Waals surface area contributed by atoms with E-state index in [2.05, 4.69) is 27.3 Å². The van der Waals surface area contributed by atoms with E-state index >= 15 is 0 Å². The third-order valence-electron chi connectivity index (χ3n) is 2.90. The van der Waals surface area contributed by atoms with Crippen LogP contribution in [0.3, 0.4) is 0 Å². The van der Waals surface area contributed by atoms with Crippen LogP contribution in [0.2, 0.25) is 0 Å². The number of aromatic amines is 1. The van der Waals surface area contributed by atoms with Crippen LogP contribution in [0.5, 0.6) is 0 Å². The van der Waals surface area contributed by atoms with Gasteiger partial charge >= 0.3 is 49.6 Å². The molecule has 0 bridgehead atoms. The van der Waals surface area contributed by atoms with Gasteiger partial charge in [0.1, 0.15) is 0 Å². The summed E-state index contributed by atoms with van der Waals surface area (Å²) in [6.07, 6.45) is 3.74. The Labute approximate surface area is 153 Å². The standard InChI is InChI=1S/C8H7N.C7H6N2.4ClH.Ru/c1-2-4-8-6-9-5-7(8)3-1;1-2-4-7-6(3-1)5-8-9-7;;;;;/h1-5H,6H2;1-5H,(H,8,9);4*1H;/q;;;;;;+4/p-4. The molecule has 8 heteroatoms. The summed E-state index contributed by atoms with van der Waals surface area (Å²) >= 11 is 0. The Balaban J connectivity index is 0.000000132. The first-order valence-corrected chi connectivity index (χ1v) is 15.4. The average molecular weight is 478 g/mol. The van der Waals surface area contributed by atoms with Gasteiger partial charge in [0.25, 0.3) is 0 Å². The Bertz CT molecular complexity index is 747. The molecule has 0 unspecified atom stereocenters. The zero-order valence-electron chi connectivity index (χ0n) is 11.7. The van der Waals surface area contributed by atoms with E-state index in [0.29, 0.717) is 0 Å². The van der Waals surface area contributed by atoms with Gasteiger partial charge in [-0.1, -0.05) is 42.5 Å². The van der Waals surface area contributed by atoms with E-state index in [1.54, 1.807) is 0 Å². The molecule has 2 aromatic carbocycles. The third kappa shape index (κ3) is 7.20. The smallest absolute Gasteiger partial charge is 0.0650 e. The molecular weight excluding hydrogens is 465 g/mol. The molecule has 3 aromatic rings. The summed E-state index contributed by atoms with van der Waals surface area (Å²) in [5.41, 5.74) is 3.72. The SMILES string of the molecule is C1=NCc2ccccc21.[Cl][Ru]([Cl])([Cl])[Cl].c1ccc2[nH]ncc2c1. The van der Waals surface area contributed by atoms with Gasteiger partial charge in [-0.3, -0.25) is 10.1 Å². The fourth-order valence-electron chi connectivity index (χ4n) is 1.93. The molecule has 0 spiro atoms. The van der Waals surface area contributed by atoms with Crippen LogP contribution in [-0.4, -0.2) is 16.4 Å². The number of benzene rings is 2. The minimum Gasteiger partial charge on any atom is -0.278 e. The molecule has 1 N–H and O–H groups in total. The van der Waals surface area contributed by atoms with Crippen molar-refractivity contribution >= 4 is 55.9 Å². The van der Waals surface area contributed by atoms with Gasteiger partial charge in [-0.05, 0) is 17.2 Å².